The molecule has 2 N–H and O–H groups in total. The van der Waals surface area contributed by atoms with Crippen molar-refractivity contribution in [2.75, 3.05) is 13.1 Å². The van der Waals surface area contributed by atoms with E-state index < -0.39 is 12.1 Å². The summed E-state index contributed by atoms with van der Waals surface area (Å²) in [6.45, 7) is 4.22. The Morgan fingerprint density at radius 2 is 0.818 bits per heavy atom. The lowest BCUT2D eigenvalue weighted by Gasteiger charge is -2.31. The highest BCUT2D eigenvalue weighted by Gasteiger charge is 2.33. The van der Waals surface area contributed by atoms with E-state index in [2.05, 4.69) is 40.4 Å². The highest BCUT2D eigenvalue weighted by Crippen LogP contribution is 2.14. The second-order valence-corrected chi connectivity index (χ2v) is 11.1. The monoisotopic (exact) mass is 592 g/mol. The highest BCUT2D eigenvalue weighted by atomic mass is 16.2. The van der Waals surface area contributed by atoms with Crippen molar-refractivity contribution in [3.8, 4) is 0 Å². The molecule has 4 aromatic rings. The number of amides is 2. The maximum absolute atomic E-state index is 13.0. The summed E-state index contributed by atoms with van der Waals surface area (Å²) in [7, 11) is 0. The SMILES string of the molecule is O=C1N[C@H](CCCN(Cc2ccccn2)Cc2ccccn2)C(=O)N[C@H]1CCCN(Cc1ccccn1)Cc1ccccn1. The first kappa shape index (κ1) is 30.9. The van der Waals surface area contributed by atoms with Gasteiger partial charge in [-0.25, -0.2) is 0 Å². The summed E-state index contributed by atoms with van der Waals surface area (Å²) in [6.07, 6.45) is 9.81. The molecule has 1 saturated heterocycles. The van der Waals surface area contributed by atoms with Crippen LogP contribution in [-0.4, -0.2) is 66.7 Å². The highest BCUT2D eigenvalue weighted by molar-refractivity contribution is 5.96. The Morgan fingerprint density at radius 1 is 0.500 bits per heavy atom. The van der Waals surface area contributed by atoms with Gasteiger partial charge in [0.2, 0.25) is 11.8 Å². The van der Waals surface area contributed by atoms with E-state index in [-0.39, 0.29) is 11.8 Å². The number of piperazine rings is 1. The number of carbonyl (C=O) groups excluding carboxylic acids is 2. The zero-order valence-electron chi connectivity index (χ0n) is 25.0. The summed E-state index contributed by atoms with van der Waals surface area (Å²) in [5.74, 6) is -0.233. The molecule has 2 amide bonds. The van der Waals surface area contributed by atoms with Gasteiger partial charge in [-0.05, 0) is 87.3 Å². The van der Waals surface area contributed by atoms with Crippen LogP contribution in [0, 0.1) is 0 Å². The van der Waals surface area contributed by atoms with Crippen LogP contribution < -0.4 is 10.6 Å². The fraction of sp³-hybridized carbons (Fsp3) is 0.353. The minimum atomic E-state index is -0.532. The Balaban J connectivity index is 1.09. The number of nitrogens with zero attached hydrogens (tertiary/aromatic N) is 6. The topological polar surface area (TPSA) is 116 Å². The molecule has 0 aromatic carbocycles. The lowest BCUT2D eigenvalue weighted by atomic mass is 10.0. The Bertz CT molecular complexity index is 1230. The molecular weight excluding hydrogens is 552 g/mol. The molecule has 1 aliphatic rings. The first-order valence-corrected chi connectivity index (χ1v) is 15.3. The standard InChI is InChI=1S/C34H40N8O2/c43-33-31(15-9-21-41(23-27-11-1-5-17-35-27)24-28-12-2-6-18-36-28)39-34(44)32(40-33)16-10-22-42(25-29-13-3-7-19-37-29)26-30-14-4-8-20-38-30/h1-8,11-14,17-20,31-32H,9-10,15-16,21-26H2,(H,39,44)(H,40,43)/t31-,32+. The van der Waals surface area contributed by atoms with Crippen molar-refractivity contribution in [1.29, 1.82) is 0 Å². The third-order valence-electron chi connectivity index (χ3n) is 7.65. The van der Waals surface area contributed by atoms with Gasteiger partial charge in [0.05, 0.1) is 22.8 Å². The summed E-state index contributed by atoms with van der Waals surface area (Å²) in [4.78, 5) is 48.4. The van der Waals surface area contributed by atoms with Crippen LogP contribution in [0.5, 0.6) is 0 Å². The van der Waals surface area contributed by atoms with Crippen molar-refractivity contribution < 1.29 is 9.59 Å². The van der Waals surface area contributed by atoms with Crippen LogP contribution in [-0.2, 0) is 35.8 Å². The number of rotatable bonds is 16. The van der Waals surface area contributed by atoms with Crippen LogP contribution in [0.25, 0.3) is 0 Å². The van der Waals surface area contributed by atoms with E-state index in [1.165, 1.54) is 0 Å². The van der Waals surface area contributed by atoms with E-state index in [4.69, 9.17) is 0 Å². The van der Waals surface area contributed by atoms with Crippen LogP contribution in [0.15, 0.2) is 97.6 Å². The quantitative estimate of drug-likeness (QED) is 0.203. The average Bonchev–Trinajstić information content (AvgIpc) is 3.05. The largest absolute Gasteiger partial charge is 0.343 e. The molecule has 1 fully saturated rings. The fourth-order valence-electron chi connectivity index (χ4n) is 5.43. The third-order valence-corrected chi connectivity index (χ3v) is 7.65. The number of aromatic nitrogens is 4. The molecule has 0 radical (unpaired) electrons. The van der Waals surface area contributed by atoms with Gasteiger partial charge in [-0.3, -0.25) is 39.3 Å². The molecule has 0 bridgehead atoms. The molecule has 0 aliphatic carbocycles. The van der Waals surface area contributed by atoms with Gasteiger partial charge in [-0.2, -0.15) is 0 Å². The first-order valence-electron chi connectivity index (χ1n) is 15.3. The number of hydrogen-bond donors (Lipinski definition) is 2. The molecule has 10 heteroatoms. The van der Waals surface area contributed by atoms with Gasteiger partial charge in [-0.15, -0.1) is 0 Å². The van der Waals surface area contributed by atoms with Gasteiger partial charge in [0.15, 0.2) is 0 Å². The van der Waals surface area contributed by atoms with Crippen LogP contribution in [0.1, 0.15) is 48.5 Å². The van der Waals surface area contributed by atoms with E-state index in [1.807, 2.05) is 72.8 Å². The van der Waals surface area contributed by atoms with Gasteiger partial charge in [0.1, 0.15) is 12.1 Å². The lowest BCUT2D eigenvalue weighted by Crippen LogP contribution is -2.61. The maximum atomic E-state index is 13.0. The van der Waals surface area contributed by atoms with Crippen molar-refractivity contribution >= 4 is 11.8 Å². The van der Waals surface area contributed by atoms with E-state index in [0.29, 0.717) is 39.0 Å². The number of pyridine rings is 4. The van der Waals surface area contributed by atoms with Crippen LogP contribution in [0.4, 0.5) is 0 Å². The molecule has 5 heterocycles. The van der Waals surface area contributed by atoms with Gasteiger partial charge in [-0.1, -0.05) is 24.3 Å². The molecule has 44 heavy (non-hydrogen) atoms. The molecule has 5 rings (SSSR count). The normalized spacial score (nSPS) is 16.6. The van der Waals surface area contributed by atoms with E-state index in [0.717, 1.165) is 48.7 Å². The van der Waals surface area contributed by atoms with E-state index in [9.17, 15) is 9.59 Å². The van der Waals surface area contributed by atoms with Crippen molar-refractivity contribution in [2.24, 2.45) is 0 Å². The Labute approximate surface area is 259 Å². The van der Waals surface area contributed by atoms with Crippen LogP contribution in [0.2, 0.25) is 0 Å². The number of nitrogens with one attached hydrogen (secondary N) is 2. The number of hydrogen-bond acceptors (Lipinski definition) is 8. The minimum Gasteiger partial charge on any atom is -0.343 e. The van der Waals surface area contributed by atoms with Crippen LogP contribution >= 0.6 is 0 Å². The lowest BCUT2D eigenvalue weighted by molar-refractivity contribution is -0.137. The van der Waals surface area contributed by atoms with Crippen LogP contribution in [0.3, 0.4) is 0 Å². The van der Waals surface area contributed by atoms with Gasteiger partial charge in [0.25, 0.3) is 0 Å². The molecule has 0 saturated carbocycles. The summed E-state index contributed by atoms with van der Waals surface area (Å²) in [6, 6.07) is 22.5. The maximum Gasteiger partial charge on any atom is 0.243 e. The second-order valence-electron chi connectivity index (χ2n) is 11.1. The second kappa shape index (κ2) is 16.3. The molecule has 0 spiro atoms. The molecule has 10 nitrogen and oxygen atoms in total. The molecule has 2 atom stereocenters. The third kappa shape index (κ3) is 9.75. The van der Waals surface area contributed by atoms with Gasteiger partial charge < -0.3 is 10.6 Å². The molecule has 1 aliphatic heterocycles. The summed E-state index contributed by atoms with van der Waals surface area (Å²) >= 11 is 0. The summed E-state index contributed by atoms with van der Waals surface area (Å²) < 4.78 is 0. The molecule has 0 unspecified atom stereocenters. The predicted molar refractivity (Wildman–Crippen MR) is 168 cm³/mol. The van der Waals surface area contributed by atoms with Gasteiger partial charge >= 0.3 is 0 Å². The van der Waals surface area contributed by atoms with Crippen molar-refractivity contribution in [3.63, 3.8) is 0 Å². The van der Waals surface area contributed by atoms with Crippen molar-refractivity contribution in [3.05, 3.63) is 120 Å². The Kier molecular flexibility index (Phi) is 11.5. The summed E-state index contributed by atoms with van der Waals surface area (Å²) in [5.41, 5.74) is 3.92. The predicted octanol–water partition coefficient (Wildman–Crippen LogP) is 3.51. The number of carbonyl (C=O) groups is 2. The Morgan fingerprint density at radius 3 is 1.09 bits per heavy atom. The molecule has 228 valence electrons. The van der Waals surface area contributed by atoms with Gasteiger partial charge in [0, 0.05) is 51.0 Å². The fourth-order valence-corrected chi connectivity index (χ4v) is 5.43. The zero-order valence-corrected chi connectivity index (χ0v) is 25.0. The summed E-state index contributed by atoms with van der Waals surface area (Å²) in [5, 5.41) is 5.96. The smallest absolute Gasteiger partial charge is 0.243 e. The van der Waals surface area contributed by atoms with Crippen molar-refractivity contribution in [1.82, 2.24) is 40.4 Å². The van der Waals surface area contributed by atoms with E-state index in [1.54, 1.807) is 24.8 Å². The first-order chi connectivity index (χ1) is 21.6. The Hall–Kier alpha value is -4.54. The average molecular weight is 593 g/mol. The molecular formula is C34H40N8O2. The minimum absolute atomic E-state index is 0.116. The molecule has 4 aromatic heterocycles. The zero-order chi connectivity index (χ0) is 30.4. The van der Waals surface area contributed by atoms with Crippen molar-refractivity contribution in [2.45, 2.75) is 63.9 Å². The van der Waals surface area contributed by atoms with E-state index >= 15 is 0 Å².